The number of hydrogen-bond acceptors (Lipinski definition) is 3. The van der Waals surface area contributed by atoms with E-state index in [-0.39, 0.29) is 14.1 Å². The van der Waals surface area contributed by atoms with E-state index >= 15 is 0 Å². The molecule has 11 heteroatoms. The van der Waals surface area contributed by atoms with Crippen LogP contribution < -0.4 is 0 Å². The molecule has 0 saturated heterocycles. The largest absolute Gasteiger partial charge is 0.477 e. The smallest absolute Gasteiger partial charge is 0.380 e. The lowest BCUT2D eigenvalue weighted by atomic mass is 9.95. The summed E-state index contributed by atoms with van der Waals surface area (Å²) in [5.74, 6) is -17.6. The maximum Gasteiger partial charge on any atom is 0.380 e. The highest BCUT2D eigenvalue weighted by Gasteiger charge is 2.80. The van der Waals surface area contributed by atoms with Gasteiger partial charge in [-0.2, -0.15) is 26.3 Å². The van der Waals surface area contributed by atoms with Gasteiger partial charge in [-0.25, -0.2) is 4.79 Å². The summed E-state index contributed by atoms with van der Waals surface area (Å²) in [7, 11) is 0. The summed E-state index contributed by atoms with van der Waals surface area (Å²) >= 11 is 7.07. The zero-order chi connectivity index (χ0) is 20.5. The van der Waals surface area contributed by atoms with Crippen molar-refractivity contribution in [2.45, 2.75) is 31.6 Å². The number of carboxylic acids is 1. The summed E-state index contributed by atoms with van der Waals surface area (Å²) in [4.78, 5) is 10.6. The maximum absolute atomic E-state index is 14.6. The van der Waals surface area contributed by atoms with Gasteiger partial charge in [-0.05, 0) is 37.1 Å². The predicted octanol–water partition coefficient (Wildman–Crippen LogP) is 6.61. The van der Waals surface area contributed by atoms with Crippen LogP contribution in [-0.4, -0.2) is 28.8 Å². The summed E-state index contributed by atoms with van der Waals surface area (Å²) in [6.45, 7) is 2.50. The van der Waals surface area contributed by atoms with E-state index in [9.17, 15) is 31.1 Å². The molecule has 0 saturated carbocycles. The van der Waals surface area contributed by atoms with E-state index in [2.05, 4.69) is 0 Å². The molecule has 0 spiro atoms. The van der Waals surface area contributed by atoms with Gasteiger partial charge >= 0.3 is 23.7 Å². The van der Waals surface area contributed by atoms with Gasteiger partial charge in [-0.15, -0.1) is 22.7 Å². The molecular formula is C16H9ClF6O2S2. The molecule has 146 valence electrons. The highest BCUT2D eigenvalue weighted by molar-refractivity contribution is 7.16. The third-order valence-corrected chi connectivity index (χ3v) is 6.44. The van der Waals surface area contributed by atoms with E-state index in [4.69, 9.17) is 16.7 Å². The number of rotatable bonds is 3. The first-order valence-electron chi connectivity index (χ1n) is 7.22. The van der Waals surface area contributed by atoms with Gasteiger partial charge in [-0.3, -0.25) is 0 Å². The Labute approximate surface area is 161 Å². The van der Waals surface area contributed by atoms with Gasteiger partial charge in [0.1, 0.15) is 4.88 Å². The number of carbonyl (C=O) groups is 1. The van der Waals surface area contributed by atoms with Crippen LogP contribution in [0.5, 0.6) is 0 Å². The van der Waals surface area contributed by atoms with Gasteiger partial charge in [0.15, 0.2) is 0 Å². The van der Waals surface area contributed by atoms with E-state index < -0.39 is 50.9 Å². The number of hydrogen-bond donors (Lipinski definition) is 1. The summed E-state index contributed by atoms with van der Waals surface area (Å²) < 4.78 is 86.5. The zero-order valence-electron chi connectivity index (χ0n) is 13.5. The molecule has 0 aromatic carbocycles. The lowest BCUT2D eigenvalue weighted by Gasteiger charge is -2.25. The van der Waals surface area contributed by atoms with Crippen LogP contribution in [0.15, 0.2) is 12.1 Å². The number of carboxylic acid groups (broad SMARTS) is 1. The summed E-state index contributed by atoms with van der Waals surface area (Å²) in [5, 5.41) is 9.03. The van der Waals surface area contributed by atoms with Crippen molar-refractivity contribution in [1.82, 2.24) is 0 Å². The van der Waals surface area contributed by atoms with Crippen molar-refractivity contribution in [2.24, 2.45) is 0 Å². The van der Waals surface area contributed by atoms with Crippen molar-refractivity contribution in [3.8, 4) is 0 Å². The van der Waals surface area contributed by atoms with E-state index in [0.717, 1.165) is 17.4 Å². The fraction of sp³-hybridized carbons (Fsp3) is 0.312. The Kier molecular flexibility index (Phi) is 4.48. The molecule has 3 rings (SSSR count). The minimum absolute atomic E-state index is 0.0306. The first-order chi connectivity index (χ1) is 12.2. The summed E-state index contributed by atoms with van der Waals surface area (Å²) in [6.07, 6.45) is 0. The normalized spacial score (nSPS) is 20.3. The Hall–Kier alpha value is -1.52. The summed E-state index contributed by atoms with van der Waals surface area (Å²) in [5.41, 5.74) is -4.26. The molecule has 1 N–H and O–H groups in total. The van der Waals surface area contributed by atoms with E-state index in [0.29, 0.717) is 17.4 Å². The quantitative estimate of drug-likeness (QED) is 0.539. The van der Waals surface area contributed by atoms with E-state index in [1.807, 2.05) is 0 Å². The van der Waals surface area contributed by atoms with Crippen molar-refractivity contribution >= 4 is 51.4 Å². The molecule has 0 radical (unpaired) electrons. The average Bonchev–Trinajstić information content (AvgIpc) is 3.08. The van der Waals surface area contributed by atoms with Crippen LogP contribution in [0.25, 0.3) is 11.1 Å². The lowest BCUT2D eigenvalue weighted by Crippen LogP contribution is -2.48. The van der Waals surface area contributed by atoms with Crippen molar-refractivity contribution < 1.29 is 36.2 Å². The average molecular weight is 447 g/mol. The fourth-order valence-electron chi connectivity index (χ4n) is 2.96. The highest BCUT2D eigenvalue weighted by atomic mass is 35.5. The Bertz CT molecular complexity index is 989. The van der Waals surface area contributed by atoms with Crippen molar-refractivity contribution in [3.05, 3.63) is 42.2 Å². The SMILES string of the molecule is Cc1sc(Cl)cc1C1=C(c2cc(C(=O)O)sc2C)C(F)(F)C(F)(F)C1(F)F. The minimum atomic E-state index is -5.69. The third kappa shape index (κ3) is 2.64. The number of alkyl halides is 6. The molecule has 0 fully saturated rings. The number of thiophene rings is 2. The fourth-order valence-corrected chi connectivity index (χ4v) is 5.02. The van der Waals surface area contributed by atoms with Crippen molar-refractivity contribution in [3.63, 3.8) is 0 Å². The zero-order valence-corrected chi connectivity index (χ0v) is 15.9. The number of allylic oxidation sites excluding steroid dienone is 2. The molecule has 2 aromatic rings. The second kappa shape index (κ2) is 5.99. The molecule has 0 amide bonds. The standard InChI is InChI=1S/C16H9ClF6O2S2/c1-5-7(3-9(26-5)13(24)25)11-12(8-4-10(17)27-6(8)2)15(20,21)16(22,23)14(11,18)19/h3-4H,1-2H3,(H,24,25). The van der Waals surface area contributed by atoms with E-state index in [1.54, 1.807) is 0 Å². The molecule has 1 aliphatic rings. The van der Waals surface area contributed by atoms with Crippen LogP contribution in [0.3, 0.4) is 0 Å². The Morgan fingerprint density at radius 2 is 1.37 bits per heavy atom. The topological polar surface area (TPSA) is 37.3 Å². The molecular weight excluding hydrogens is 438 g/mol. The molecule has 27 heavy (non-hydrogen) atoms. The highest BCUT2D eigenvalue weighted by Crippen LogP contribution is 2.65. The monoisotopic (exact) mass is 446 g/mol. The van der Waals surface area contributed by atoms with Gasteiger partial charge in [0.25, 0.3) is 0 Å². The molecule has 0 aliphatic heterocycles. The van der Waals surface area contributed by atoms with E-state index in [1.165, 1.54) is 13.8 Å². The molecule has 2 heterocycles. The van der Waals surface area contributed by atoms with Crippen LogP contribution in [0.2, 0.25) is 4.34 Å². The van der Waals surface area contributed by atoms with Gasteiger partial charge in [0.2, 0.25) is 0 Å². The molecule has 0 bridgehead atoms. The molecule has 2 nitrogen and oxygen atoms in total. The van der Waals surface area contributed by atoms with Crippen LogP contribution in [-0.2, 0) is 0 Å². The first kappa shape index (κ1) is 20.2. The van der Waals surface area contributed by atoms with Crippen molar-refractivity contribution in [1.29, 1.82) is 0 Å². The minimum Gasteiger partial charge on any atom is -0.477 e. The first-order valence-corrected chi connectivity index (χ1v) is 9.23. The van der Waals surface area contributed by atoms with Crippen LogP contribution in [0, 0.1) is 13.8 Å². The number of aromatic carboxylic acids is 1. The molecule has 0 unspecified atom stereocenters. The van der Waals surface area contributed by atoms with Gasteiger partial charge in [-0.1, -0.05) is 11.6 Å². The van der Waals surface area contributed by atoms with Crippen LogP contribution in [0.4, 0.5) is 26.3 Å². The third-order valence-electron chi connectivity index (χ3n) is 4.22. The van der Waals surface area contributed by atoms with Gasteiger partial charge < -0.3 is 5.11 Å². The molecule has 1 aliphatic carbocycles. The number of aryl methyl sites for hydroxylation is 2. The van der Waals surface area contributed by atoms with Crippen molar-refractivity contribution in [2.75, 3.05) is 0 Å². The Morgan fingerprint density at radius 1 is 0.926 bits per heavy atom. The lowest BCUT2D eigenvalue weighted by molar-refractivity contribution is -0.254. The molecule has 0 atom stereocenters. The second-order valence-corrected chi connectivity index (χ2v) is 9.02. The Balaban J connectivity index is 2.45. The van der Waals surface area contributed by atoms with Gasteiger partial charge in [0, 0.05) is 20.9 Å². The van der Waals surface area contributed by atoms with Crippen LogP contribution in [0.1, 0.15) is 30.6 Å². The predicted molar refractivity (Wildman–Crippen MR) is 91.7 cm³/mol. The summed E-state index contributed by atoms with van der Waals surface area (Å²) in [6, 6.07) is 1.65. The van der Waals surface area contributed by atoms with Crippen LogP contribution >= 0.6 is 34.3 Å². The molecule has 2 aromatic heterocycles. The van der Waals surface area contributed by atoms with Gasteiger partial charge in [0.05, 0.1) is 4.34 Å². The maximum atomic E-state index is 14.6. The number of halogens is 7. The Morgan fingerprint density at radius 3 is 1.74 bits per heavy atom. The second-order valence-electron chi connectivity index (χ2n) is 5.88.